The second-order valence-electron chi connectivity index (χ2n) is 5.19. The Morgan fingerprint density at radius 2 is 2.21 bits per heavy atom. The summed E-state index contributed by atoms with van der Waals surface area (Å²) in [6.45, 7) is 4.40. The number of anilines is 1. The first-order valence-corrected chi connectivity index (χ1v) is 7.04. The largest absolute Gasteiger partial charge is 0.354 e. The van der Waals surface area contributed by atoms with Crippen LogP contribution >= 0.6 is 11.6 Å². The predicted octanol–water partition coefficient (Wildman–Crippen LogP) is 1.06. The van der Waals surface area contributed by atoms with Crippen LogP contribution in [0.4, 0.5) is 5.82 Å². The molecule has 0 saturated carbocycles. The van der Waals surface area contributed by atoms with E-state index in [1.54, 1.807) is 4.52 Å². The molecule has 2 aromatic heterocycles. The SMILES string of the molecule is Clc1cc(N2CCN3CCCC3C2)n2ncnc2n1. The van der Waals surface area contributed by atoms with Crippen molar-refractivity contribution in [3.05, 3.63) is 17.5 Å². The first kappa shape index (κ1) is 11.4. The van der Waals surface area contributed by atoms with Gasteiger partial charge in [-0.1, -0.05) is 11.6 Å². The van der Waals surface area contributed by atoms with E-state index < -0.39 is 0 Å². The fourth-order valence-corrected chi connectivity index (χ4v) is 3.37. The standard InChI is InChI=1S/C12H15ClN6/c13-10-6-11(19-12(16-10)14-8-15-19)18-5-4-17-3-1-2-9(17)7-18/h6,8-9H,1-5,7H2. The molecule has 0 radical (unpaired) electrons. The lowest BCUT2D eigenvalue weighted by Gasteiger charge is -2.38. The Labute approximate surface area is 116 Å². The molecule has 0 bridgehead atoms. The third-order valence-corrected chi connectivity index (χ3v) is 4.31. The maximum absolute atomic E-state index is 6.08. The normalized spacial score (nSPS) is 24.1. The predicted molar refractivity (Wildman–Crippen MR) is 72.6 cm³/mol. The molecule has 19 heavy (non-hydrogen) atoms. The van der Waals surface area contributed by atoms with Gasteiger partial charge in [-0.3, -0.25) is 4.90 Å². The van der Waals surface area contributed by atoms with Crippen LogP contribution in [0.2, 0.25) is 5.15 Å². The molecule has 2 aromatic rings. The van der Waals surface area contributed by atoms with Gasteiger partial charge in [0.05, 0.1) is 0 Å². The summed E-state index contributed by atoms with van der Waals surface area (Å²) in [6.07, 6.45) is 4.12. The number of hydrogen-bond donors (Lipinski definition) is 0. The zero-order valence-corrected chi connectivity index (χ0v) is 11.3. The van der Waals surface area contributed by atoms with Crippen LogP contribution in [0.3, 0.4) is 0 Å². The van der Waals surface area contributed by atoms with Crippen molar-refractivity contribution in [1.82, 2.24) is 24.5 Å². The molecule has 0 amide bonds. The lowest BCUT2D eigenvalue weighted by molar-refractivity contribution is 0.230. The summed E-state index contributed by atoms with van der Waals surface area (Å²) in [5, 5.41) is 4.73. The van der Waals surface area contributed by atoms with E-state index in [9.17, 15) is 0 Å². The van der Waals surface area contributed by atoms with Crippen LogP contribution in [0.15, 0.2) is 12.4 Å². The molecule has 4 rings (SSSR count). The molecular weight excluding hydrogens is 264 g/mol. The molecule has 2 aliphatic heterocycles. The van der Waals surface area contributed by atoms with Gasteiger partial charge in [-0.15, -0.1) is 0 Å². The van der Waals surface area contributed by atoms with E-state index in [4.69, 9.17) is 11.6 Å². The van der Waals surface area contributed by atoms with Gasteiger partial charge < -0.3 is 4.90 Å². The molecule has 4 heterocycles. The highest BCUT2D eigenvalue weighted by molar-refractivity contribution is 6.29. The number of nitrogens with zero attached hydrogens (tertiary/aromatic N) is 6. The van der Waals surface area contributed by atoms with Crippen LogP contribution < -0.4 is 4.90 Å². The molecule has 2 aliphatic rings. The van der Waals surface area contributed by atoms with Crippen molar-refractivity contribution in [3.63, 3.8) is 0 Å². The Hall–Kier alpha value is -1.40. The molecule has 7 heteroatoms. The average molecular weight is 279 g/mol. The first-order chi connectivity index (χ1) is 9.31. The number of hydrogen-bond acceptors (Lipinski definition) is 5. The molecule has 0 spiro atoms. The van der Waals surface area contributed by atoms with Crippen LogP contribution in [0, 0.1) is 0 Å². The van der Waals surface area contributed by atoms with Crippen LogP contribution in [0.25, 0.3) is 5.78 Å². The number of piperazine rings is 1. The Morgan fingerprint density at radius 1 is 1.26 bits per heavy atom. The molecule has 2 saturated heterocycles. The third kappa shape index (κ3) is 1.86. The van der Waals surface area contributed by atoms with Gasteiger partial charge in [-0.25, -0.2) is 0 Å². The van der Waals surface area contributed by atoms with Crippen LogP contribution in [-0.2, 0) is 0 Å². The van der Waals surface area contributed by atoms with Gasteiger partial charge in [0, 0.05) is 31.7 Å². The highest BCUT2D eigenvalue weighted by atomic mass is 35.5. The van der Waals surface area contributed by atoms with E-state index in [1.807, 2.05) is 6.07 Å². The van der Waals surface area contributed by atoms with E-state index in [0.29, 0.717) is 17.0 Å². The molecule has 1 unspecified atom stereocenters. The summed E-state index contributed by atoms with van der Waals surface area (Å²) < 4.78 is 1.77. The van der Waals surface area contributed by atoms with E-state index >= 15 is 0 Å². The minimum atomic E-state index is 0.476. The van der Waals surface area contributed by atoms with Gasteiger partial charge in [-0.05, 0) is 19.4 Å². The van der Waals surface area contributed by atoms with Gasteiger partial charge in [0.25, 0.3) is 5.78 Å². The summed E-state index contributed by atoms with van der Waals surface area (Å²) in [4.78, 5) is 13.2. The van der Waals surface area contributed by atoms with Gasteiger partial charge in [0.1, 0.15) is 17.3 Å². The summed E-state index contributed by atoms with van der Waals surface area (Å²) in [7, 11) is 0. The van der Waals surface area contributed by atoms with E-state index in [2.05, 4.69) is 24.9 Å². The number of fused-ring (bicyclic) bond motifs is 2. The second-order valence-corrected chi connectivity index (χ2v) is 5.57. The van der Waals surface area contributed by atoms with E-state index in [1.165, 1.54) is 25.7 Å². The Bertz CT molecular complexity index is 611. The van der Waals surface area contributed by atoms with Gasteiger partial charge >= 0.3 is 0 Å². The lowest BCUT2D eigenvalue weighted by Crippen LogP contribution is -2.50. The van der Waals surface area contributed by atoms with Crippen molar-refractivity contribution < 1.29 is 0 Å². The summed E-state index contributed by atoms with van der Waals surface area (Å²) >= 11 is 6.08. The van der Waals surface area contributed by atoms with Gasteiger partial charge in [0.15, 0.2) is 0 Å². The molecular formula is C12H15ClN6. The van der Waals surface area contributed by atoms with E-state index in [0.717, 1.165) is 25.5 Å². The number of rotatable bonds is 1. The Morgan fingerprint density at radius 3 is 3.16 bits per heavy atom. The highest BCUT2D eigenvalue weighted by Crippen LogP contribution is 2.26. The third-order valence-electron chi connectivity index (χ3n) is 4.11. The molecule has 100 valence electrons. The number of halogens is 1. The second kappa shape index (κ2) is 4.31. The monoisotopic (exact) mass is 278 g/mol. The van der Waals surface area contributed by atoms with Crippen molar-refractivity contribution in [1.29, 1.82) is 0 Å². The van der Waals surface area contributed by atoms with Crippen molar-refractivity contribution in [2.45, 2.75) is 18.9 Å². The van der Waals surface area contributed by atoms with E-state index in [-0.39, 0.29) is 0 Å². The fraction of sp³-hybridized carbons (Fsp3) is 0.583. The fourth-order valence-electron chi connectivity index (χ4n) is 3.19. The van der Waals surface area contributed by atoms with Gasteiger partial charge in [-0.2, -0.15) is 19.6 Å². The maximum atomic E-state index is 6.08. The molecule has 0 aliphatic carbocycles. The summed E-state index contributed by atoms with van der Waals surface area (Å²) in [5.74, 6) is 1.57. The van der Waals surface area contributed by atoms with Crippen LogP contribution in [0.1, 0.15) is 12.8 Å². The van der Waals surface area contributed by atoms with Crippen LogP contribution in [0.5, 0.6) is 0 Å². The average Bonchev–Trinajstić information content (AvgIpc) is 3.04. The topological polar surface area (TPSA) is 49.6 Å². The Kier molecular flexibility index (Phi) is 2.60. The molecule has 0 N–H and O–H groups in total. The summed E-state index contributed by atoms with van der Waals surface area (Å²) in [5.41, 5.74) is 0. The lowest BCUT2D eigenvalue weighted by atomic mass is 10.1. The minimum Gasteiger partial charge on any atom is -0.354 e. The van der Waals surface area contributed by atoms with Gasteiger partial charge in [0.2, 0.25) is 0 Å². The molecule has 1 atom stereocenters. The first-order valence-electron chi connectivity index (χ1n) is 6.66. The Balaban J connectivity index is 1.72. The van der Waals surface area contributed by atoms with Crippen LogP contribution in [-0.4, -0.2) is 56.7 Å². The quantitative estimate of drug-likeness (QED) is 0.730. The molecule has 6 nitrogen and oxygen atoms in total. The summed E-state index contributed by atoms with van der Waals surface area (Å²) in [6, 6.07) is 2.55. The zero-order valence-electron chi connectivity index (χ0n) is 10.5. The molecule has 2 fully saturated rings. The highest BCUT2D eigenvalue weighted by Gasteiger charge is 2.31. The smallest absolute Gasteiger partial charge is 0.255 e. The van der Waals surface area contributed by atoms with Crippen molar-refractivity contribution in [2.24, 2.45) is 0 Å². The molecule has 0 aromatic carbocycles. The minimum absolute atomic E-state index is 0.476. The maximum Gasteiger partial charge on any atom is 0.255 e. The van der Waals surface area contributed by atoms with Crippen molar-refractivity contribution in [3.8, 4) is 0 Å². The van der Waals surface area contributed by atoms with Crippen molar-refractivity contribution >= 4 is 23.2 Å². The van der Waals surface area contributed by atoms with Crippen molar-refractivity contribution in [2.75, 3.05) is 31.1 Å². The number of aromatic nitrogens is 4. The zero-order chi connectivity index (χ0) is 12.8.